The van der Waals surface area contributed by atoms with Crippen LogP contribution in [0.3, 0.4) is 0 Å². The monoisotopic (exact) mass is 223 g/mol. The van der Waals surface area contributed by atoms with E-state index < -0.39 is 0 Å². The summed E-state index contributed by atoms with van der Waals surface area (Å²) in [5.74, 6) is 2.87. The van der Waals surface area contributed by atoms with Crippen LogP contribution in [0.5, 0.6) is 0 Å². The number of hydrogen-bond acceptors (Lipinski definition) is 3. The van der Waals surface area contributed by atoms with Crippen LogP contribution in [0.15, 0.2) is 0 Å². The number of nitrogens with one attached hydrogen (secondary N) is 1. The molecule has 3 saturated heterocycles. The molecular formula is C13H25N3. The average molecular weight is 223 g/mol. The summed E-state index contributed by atoms with van der Waals surface area (Å²) in [7, 11) is 2.27. The maximum absolute atomic E-state index is 3.53. The zero-order valence-corrected chi connectivity index (χ0v) is 10.5. The first-order valence-electron chi connectivity index (χ1n) is 6.93. The van der Waals surface area contributed by atoms with Crippen LogP contribution < -0.4 is 5.32 Å². The minimum Gasteiger partial charge on any atom is -0.316 e. The van der Waals surface area contributed by atoms with Gasteiger partial charge in [-0.2, -0.15) is 0 Å². The van der Waals surface area contributed by atoms with Crippen LogP contribution in [0.4, 0.5) is 0 Å². The van der Waals surface area contributed by atoms with Crippen molar-refractivity contribution in [3.05, 3.63) is 0 Å². The molecular weight excluding hydrogens is 198 g/mol. The standard InChI is InChI=1S/C13H25N3/c1-15-7-12-9-16(10-13(12)8-15)6-11-3-2-4-14-5-11/h11-14H,2-10H2,1H3/t11?,12-,13+. The van der Waals surface area contributed by atoms with Crippen molar-refractivity contribution in [2.45, 2.75) is 12.8 Å². The molecule has 0 aromatic heterocycles. The van der Waals surface area contributed by atoms with E-state index in [2.05, 4.69) is 22.2 Å². The molecule has 3 aliphatic heterocycles. The number of likely N-dealkylation sites (tertiary alicyclic amines) is 2. The molecule has 3 atom stereocenters. The largest absolute Gasteiger partial charge is 0.316 e. The summed E-state index contributed by atoms with van der Waals surface area (Å²) in [6.45, 7) is 9.26. The molecule has 16 heavy (non-hydrogen) atoms. The van der Waals surface area contributed by atoms with Gasteiger partial charge in [-0.3, -0.25) is 0 Å². The van der Waals surface area contributed by atoms with Gasteiger partial charge in [0.15, 0.2) is 0 Å². The maximum atomic E-state index is 3.53. The second kappa shape index (κ2) is 4.63. The molecule has 0 radical (unpaired) electrons. The highest BCUT2D eigenvalue weighted by Crippen LogP contribution is 2.30. The van der Waals surface area contributed by atoms with Gasteiger partial charge in [0.2, 0.25) is 0 Å². The second-order valence-electron chi connectivity index (χ2n) is 6.17. The quantitative estimate of drug-likeness (QED) is 0.734. The minimum atomic E-state index is 0.922. The van der Waals surface area contributed by atoms with E-state index in [0.717, 1.165) is 17.8 Å². The molecule has 0 aromatic carbocycles. The molecule has 1 N–H and O–H groups in total. The van der Waals surface area contributed by atoms with Gasteiger partial charge < -0.3 is 15.1 Å². The van der Waals surface area contributed by atoms with E-state index in [1.165, 1.54) is 58.7 Å². The lowest BCUT2D eigenvalue weighted by Gasteiger charge is -2.28. The van der Waals surface area contributed by atoms with E-state index in [-0.39, 0.29) is 0 Å². The lowest BCUT2D eigenvalue weighted by Crippen LogP contribution is -2.38. The molecule has 3 heteroatoms. The van der Waals surface area contributed by atoms with Crippen molar-refractivity contribution >= 4 is 0 Å². The third kappa shape index (κ3) is 2.27. The summed E-state index contributed by atoms with van der Waals surface area (Å²) >= 11 is 0. The van der Waals surface area contributed by atoms with Gasteiger partial charge in [0.05, 0.1) is 0 Å². The molecule has 1 unspecified atom stereocenters. The van der Waals surface area contributed by atoms with Crippen LogP contribution in [0.2, 0.25) is 0 Å². The predicted octanol–water partition coefficient (Wildman–Crippen LogP) is 0.479. The molecule has 0 spiro atoms. The van der Waals surface area contributed by atoms with E-state index in [0.29, 0.717) is 0 Å². The molecule has 0 aliphatic carbocycles. The fourth-order valence-electron chi connectivity index (χ4n) is 3.92. The molecule has 0 bridgehead atoms. The summed E-state index contributed by atoms with van der Waals surface area (Å²) in [6.07, 6.45) is 2.83. The lowest BCUT2D eigenvalue weighted by molar-refractivity contribution is 0.219. The highest BCUT2D eigenvalue weighted by Gasteiger charge is 2.38. The van der Waals surface area contributed by atoms with Crippen LogP contribution in [-0.2, 0) is 0 Å². The maximum Gasteiger partial charge on any atom is 0.00258 e. The van der Waals surface area contributed by atoms with Gasteiger partial charge in [0, 0.05) is 32.7 Å². The van der Waals surface area contributed by atoms with Crippen LogP contribution >= 0.6 is 0 Å². The van der Waals surface area contributed by atoms with Gasteiger partial charge >= 0.3 is 0 Å². The SMILES string of the molecule is CN1C[C@@H]2CN(CC3CCCNC3)C[C@@H]2C1. The second-order valence-corrected chi connectivity index (χ2v) is 6.17. The number of nitrogens with zero attached hydrogens (tertiary/aromatic N) is 2. The van der Waals surface area contributed by atoms with Crippen molar-refractivity contribution in [3.8, 4) is 0 Å². The topological polar surface area (TPSA) is 18.5 Å². The van der Waals surface area contributed by atoms with Gasteiger partial charge in [0.25, 0.3) is 0 Å². The van der Waals surface area contributed by atoms with Gasteiger partial charge in [-0.25, -0.2) is 0 Å². The highest BCUT2D eigenvalue weighted by atomic mass is 15.2. The minimum absolute atomic E-state index is 0.922. The van der Waals surface area contributed by atoms with Gasteiger partial charge in [0.1, 0.15) is 0 Å². The van der Waals surface area contributed by atoms with Crippen molar-refractivity contribution in [3.63, 3.8) is 0 Å². The zero-order chi connectivity index (χ0) is 11.0. The first-order chi connectivity index (χ1) is 7.81. The van der Waals surface area contributed by atoms with Crippen LogP contribution in [0.1, 0.15) is 12.8 Å². The Morgan fingerprint density at radius 3 is 2.50 bits per heavy atom. The molecule has 3 heterocycles. The van der Waals surface area contributed by atoms with Crippen molar-refractivity contribution < 1.29 is 0 Å². The number of fused-ring (bicyclic) bond motifs is 1. The van der Waals surface area contributed by atoms with Crippen molar-refractivity contribution in [2.24, 2.45) is 17.8 Å². The average Bonchev–Trinajstić information content (AvgIpc) is 2.76. The van der Waals surface area contributed by atoms with E-state index in [1.54, 1.807) is 0 Å². The molecule has 0 amide bonds. The Kier molecular flexibility index (Phi) is 3.18. The summed E-state index contributed by atoms with van der Waals surface area (Å²) < 4.78 is 0. The van der Waals surface area contributed by atoms with Crippen molar-refractivity contribution in [1.82, 2.24) is 15.1 Å². The summed E-state index contributed by atoms with van der Waals surface area (Å²) in [5.41, 5.74) is 0. The Hall–Kier alpha value is -0.120. The number of piperidine rings is 1. The predicted molar refractivity (Wildman–Crippen MR) is 66.5 cm³/mol. The Bertz CT molecular complexity index is 223. The van der Waals surface area contributed by atoms with E-state index in [4.69, 9.17) is 0 Å². The third-order valence-electron chi connectivity index (χ3n) is 4.66. The van der Waals surface area contributed by atoms with Crippen LogP contribution in [0.25, 0.3) is 0 Å². The Morgan fingerprint density at radius 2 is 1.88 bits per heavy atom. The normalized spacial score (nSPS) is 41.4. The third-order valence-corrected chi connectivity index (χ3v) is 4.66. The first-order valence-corrected chi connectivity index (χ1v) is 6.93. The van der Waals surface area contributed by atoms with Crippen LogP contribution in [-0.4, -0.2) is 62.7 Å². The molecule has 92 valence electrons. The Morgan fingerprint density at radius 1 is 1.12 bits per heavy atom. The molecule has 3 fully saturated rings. The smallest absolute Gasteiger partial charge is 0.00258 e. The van der Waals surface area contributed by atoms with Gasteiger partial charge in [-0.15, -0.1) is 0 Å². The number of hydrogen-bond donors (Lipinski definition) is 1. The summed E-state index contributed by atoms with van der Waals surface area (Å²) in [4.78, 5) is 5.24. The first kappa shape index (κ1) is 11.0. The fourth-order valence-corrected chi connectivity index (χ4v) is 3.92. The zero-order valence-electron chi connectivity index (χ0n) is 10.5. The van der Waals surface area contributed by atoms with Crippen molar-refractivity contribution in [1.29, 1.82) is 0 Å². The van der Waals surface area contributed by atoms with Crippen molar-refractivity contribution in [2.75, 3.05) is 52.9 Å². The van der Waals surface area contributed by atoms with Gasteiger partial charge in [-0.1, -0.05) is 0 Å². The molecule has 0 saturated carbocycles. The molecule has 0 aromatic rings. The molecule has 3 aliphatic rings. The van der Waals surface area contributed by atoms with Crippen LogP contribution in [0, 0.1) is 17.8 Å². The summed E-state index contributed by atoms with van der Waals surface area (Å²) in [5, 5.41) is 3.53. The number of rotatable bonds is 2. The Labute approximate surface area is 99.2 Å². The fraction of sp³-hybridized carbons (Fsp3) is 1.00. The van der Waals surface area contributed by atoms with E-state index in [9.17, 15) is 0 Å². The van der Waals surface area contributed by atoms with E-state index >= 15 is 0 Å². The summed E-state index contributed by atoms with van der Waals surface area (Å²) in [6, 6.07) is 0. The molecule has 3 nitrogen and oxygen atoms in total. The Balaban J connectivity index is 1.47. The molecule has 3 rings (SSSR count). The van der Waals surface area contributed by atoms with Gasteiger partial charge in [-0.05, 0) is 50.7 Å². The lowest BCUT2D eigenvalue weighted by atomic mass is 9.99. The van der Waals surface area contributed by atoms with E-state index in [1.807, 2.05) is 0 Å². The highest BCUT2D eigenvalue weighted by molar-refractivity contribution is 4.92.